The van der Waals surface area contributed by atoms with Gasteiger partial charge in [0.05, 0.1) is 11.3 Å². The van der Waals surface area contributed by atoms with E-state index < -0.39 is 15.8 Å². The Kier molecular flexibility index (Phi) is 5.80. The van der Waals surface area contributed by atoms with Crippen molar-refractivity contribution in [1.82, 2.24) is 0 Å². The quantitative estimate of drug-likeness (QED) is 0.654. The monoisotopic (exact) mass is 396 g/mol. The lowest BCUT2D eigenvalue weighted by Crippen LogP contribution is -2.04. The lowest BCUT2D eigenvalue weighted by atomic mass is 10.0. The molecular formula is C22H20O5S. The van der Waals surface area contributed by atoms with Crippen molar-refractivity contribution in [1.29, 1.82) is 0 Å². The lowest BCUT2D eigenvalue weighted by Gasteiger charge is -2.13. The number of aliphatic carboxylic acids is 1. The van der Waals surface area contributed by atoms with E-state index in [9.17, 15) is 18.3 Å². The average molecular weight is 396 g/mol. The molecule has 0 saturated carbocycles. The van der Waals surface area contributed by atoms with Crippen LogP contribution in [0, 0.1) is 0 Å². The van der Waals surface area contributed by atoms with E-state index in [1.165, 1.54) is 0 Å². The van der Waals surface area contributed by atoms with Gasteiger partial charge < -0.3 is 9.84 Å². The molecule has 0 bridgehead atoms. The highest BCUT2D eigenvalue weighted by atomic mass is 32.2. The van der Waals surface area contributed by atoms with Gasteiger partial charge in [-0.3, -0.25) is 4.79 Å². The highest BCUT2D eigenvalue weighted by molar-refractivity contribution is 7.90. The van der Waals surface area contributed by atoms with Crippen molar-refractivity contribution in [3.8, 4) is 16.9 Å². The Balaban J connectivity index is 1.88. The summed E-state index contributed by atoms with van der Waals surface area (Å²) in [5, 5.41) is 9.24. The fraction of sp³-hybridized carbons (Fsp3) is 0.136. The van der Waals surface area contributed by atoms with Crippen LogP contribution in [-0.2, 0) is 27.7 Å². The second-order valence-corrected chi connectivity index (χ2v) is 8.48. The van der Waals surface area contributed by atoms with Crippen molar-refractivity contribution in [2.24, 2.45) is 0 Å². The van der Waals surface area contributed by atoms with Gasteiger partial charge >= 0.3 is 5.97 Å². The van der Waals surface area contributed by atoms with Crippen LogP contribution in [0.1, 0.15) is 11.1 Å². The first-order valence-electron chi connectivity index (χ1n) is 8.65. The predicted molar refractivity (Wildman–Crippen MR) is 107 cm³/mol. The van der Waals surface area contributed by atoms with E-state index in [0.29, 0.717) is 17.9 Å². The Hall–Kier alpha value is -3.12. The van der Waals surface area contributed by atoms with Crippen LogP contribution in [-0.4, -0.2) is 25.7 Å². The lowest BCUT2D eigenvalue weighted by molar-refractivity contribution is -0.136. The van der Waals surface area contributed by atoms with Crippen molar-refractivity contribution in [2.45, 2.75) is 17.9 Å². The molecule has 0 fully saturated rings. The molecule has 3 aromatic rings. The molecule has 0 aromatic heterocycles. The highest BCUT2D eigenvalue weighted by Crippen LogP contribution is 2.28. The van der Waals surface area contributed by atoms with Crippen molar-refractivity contribution in [3.05, 3.63) is 83.9 Å². The summed E-state index contributed by atoms with van der Waals surface area (Å²) < 4.78 is 29.1. The summed E-state index contributed by atoms with van der Waals surface area (Å²) in [6.07, 6.45) is 0.991. The topological polar surface area (TPSA) is 80.7 Å². The standard InChI is InChI=1S/C22H20O5S/c1-28(25,26)20-10-7-17(8-11-20)18-9-12-21(19(13-18)14-22(23)24)27-15-16-5-3-2-4-6-16/h2-13H,14-15H2,1H3,(H,23,24). The number of rotatable bonds is 7. The smallest absolute Gasteiger partial charge is 0.307 e. The molecule has 0 aliphatic carbocycles. The molecule has 0 heterocycles. The van der Waals surface area contributed by atoms with Crippen LogP contribution < -0.4 is 4.74 Å². The molecule has 3 rings (SSSR count). The summed E-state index contributed by atoms with van der Waals surface area (Å²) in [5.41, 5.74) is 3.15. The first-order valence-corrected chi connectivity index (χ1v) is 10.5. The van der Waals surface area contributed by atoms with E-state index in [1.54, 1.807) is 36.4 Å². The minimum atomic E-state index is -3.26. The Morgan fingerprint density at radius 2 is 1.57 bits per heavy atom. The van der Waals surface area contributed by atoms with E-state index >= 15 is 0 Å². The molecule has 5 nitrogen and oxygen atoms in total. The number of carbonyl (C=O) groups is 1. The molecule has 1 N–H and O–H groups in total. The molecule has 0 radical (unpaired) electrons. The van der Waals surface area contributed by atoms with Gasteiger partial charge in [0.25, 0.3) is 0 Å². The number of ether oxygens (including phenoxy) is 1. The molecule has 0 aliphatic rings. The maximum atomic E-state index is 11.6. The van der Waals surface area contributed by atoms with Crippen LogP contribution in [0.25, 0.3) is 11.1 Å². The highest BCUT2D eigenvalue weighted by Gasteiger charge is 2.12. The van der Waals surface area contributed by atoms with Crippen molar-refractivity contribution in [2.75, 3.05) is 6.26 Å². The zero-order chi connectivity index (χ0) is 20.1. The van der Waals surface area contributed by atoms with Gasteiger partial charge in [0.15, 0.2) is 9.84 Å². The second-order valence-electron chi connectivity index (χ2n) is 6.46. The SMILES string of the molecule is CS(=O)(=O)c1ccc(-c2ccc(OCc3ccccc3)c(CC(=O)O)c2)cc1. The van der Waals surface area contributed by atoms with Crippen LogP contribution in [0.15, 0.2) is 77.7 Å². The molecule has 0 amide bonds. The maximum Gasteiger partial charge on any atom is 0.307 e. The Morgan fingerprint density at radius 3 is 2.18 bits per heavy atom. The summed E-state index contributed by atoms with van der Waals surface area (Å²) in [5.74, 6) is -0.433. The third-order valence-corrected chi connectivity index (χ3v) is 5.38. The van der Waals surface area contributed by atoms with E-state index in [1.807, 2.05) is 36.4 Å². The fourth-order valence-corrected chi connectivity index (χ4v) is 3.46. The Labute approximate surface area is 164 Å². The molecule has 0 unspecified atom stereocenters. The fourth-order valence-electron chi connectivity index (χ4n) is 2.83. The van der Waals surface area contributed by atoms with Gasteiger partial charge in [0.1, 0.15) is 12.4 Å². The van der Waals surface area contributed by atoms with Crippen molar-refractivity contribution < 1.29 is 23.1 Å². The van der Waals surface area contributed by atoms with Gasteiger partial charge in [0.2, 0.25) is 0 Å². The molecule has 6 heteroatoms. The molecule has 3 aromatic carbocycles. The number of carboxylic acid groups (broad SMARTS) is 1. The van der Waals surface area contributed by atoms with Crippen LogP contribution in [0.2, 0.25) is 0 Å². The summed E-state index contributed by atoms with van der Waals surface area (Å²) in [4.78, 5) is 11.5. The van der Waals surface area contributed by atoms with Gasteiger partial charge in [-0.1, -0.05) is 48.5 Å². The molecule has 0 spiro atoms. The maximum absolute atomic E-state index is 11.6. The largest absolute Gasteiger partial charge is 0.489 e. The zero-order valence-corrected chi connectivity index (χ0v) is 16.1. The van der Waals surface area contributed by atoms with E-state index in [-0.39, 0.29) is 11.3 Å². The van der Waals surface area contributed by atoms with E-state index in [0.717, 1.165) is 22.9 Å². The summed E-state index contributed by atoms with van der Waals surface area (Å²) >= 11 is 0. The minimum absolute atomic E-state index is 0.167. The third kappa shape index (κ3) is 4.98. The Morgan fingerprint density at radius 1 is 0.929 bits per heavy atom. The number of sulfone groups is 1. The summed E-state index contributed by atoms with van der Waals surface area (Å²) in [6, 6.07) is 21.5. The van der Waals surface area contributed by atoms with Gasteiger partial charge in [-0.2, -0.15) is 0 Å². The first kappa shape index (κ1) is 19.6. The van der Waals surface area contributed by atoms with Crippen LogP contribution in [0.4, 0.5) is 0 Å². The normalized spacial score (nSPS) is 11.2. The predicted octanol–water partition coefficient (Wildman–Crippen LogP) is 3.96. The van der Waals surface area contributed by atoms with Crippen molar-refractivity contribution in [3.63, 3.8) is 0 Å². The molecular weight excluding hydrogens is 376 g/mol. The van der Waals surface area contributed by atoms with Crippen molar-refractivity contribution >= 4 is 15.8 Å². The summed E-state index contributed by atoms with van der Waals surface area (Å²) in [7, 11) is -3.26. The minimum Gasteiger partial charge on any atom is -0.489 e. The third-order valence-electron chi connectivity index (χ3n) is 4.26. The zero-order valence-electron chi connectivity index (χ0n) is 15.3. The van der Waals surface area contributed by atoms with Crippen LogP contribution >= 0.6 is 0 Å². The number of benzene rings is 3. The molecule has 144 valence electrons. The molecule has 0 saturated heterocycles. The van der Waals surface area contributed by atoms with Gasteiger partial charge in [-0.25, -0.2) is 8.42 Å². The number of hydrogen-bond acceptors (Lipinski definition) is 4. The second kappa shape index (κ2) is 8.27. The first-order chi connectivity index (χ1) is 13.3. The molecule has 0 atom stereocenters. The van der Waals surface area contributed by atoms with E-state index in [4.69, 9.17) is 4.74 Å². The van der Waals surface area contributed by atoms with E-state index in [2.05, 4.69) is 0 Å². The number of carboxylic acids is 1. The van der Waals surface area contributed by atoms with Crippen LogP contribution in [0.5, 0.6) is 5.75 Å². The number of hydrogen-bond donors (Lipinski definition) is 1. The summed E-state index contributed by atoms with van der Waals surface area (Å²) in [6.45, 7) is 0.343. The van der Waals surface area contributed by atoms with Gasteiger partial charge in [0, 0.05) is 11.8 Å². The average Bonchev–Trinajstić information content (AvgIpc) is 2.67. The van der Waals surface area contributed by atoms with Crippen LogP contribution in [0.3, 0.4) is 0 Å². The Bertz CT molecular complexity index is 1070. The van der Waals surface area contributed by atoms with Gasteiger partial charge in [-0.05, 0) is 41.0 Å². The molecule has 0 aliphatic heterocycles. The van der Waals surface area contributed by atoms with Gasteiger partial charge in [-0.15, -0.1) is 0 Å². The molecule has 28 heavy (non-hydrogen) atoms.